The third-order valence-corrected chi connectivity index (χ3v) is 4.43. The summed E-state index contributed by atoms with van der Waals surface area (Å²) in [6, 6.07) is 3.24. The molecule has 0 aliphatic heterocycles. The van der Waals surface area contributed by atoms with Crippen LogP contribution in [0, 0.1) is 0 Å². The predicted molar refractivity (Wildman–Crippen MR) is 64.0 cm³/mol. The van der Waals surface area contributed by atoms with Gasteiger partial charge in [-0.3, -0.25) is 0 Å². The second kappa shape index (κ2) is 4.69. The summed E-state index contributed by atoms with van der Waals surface area (Å²) >= 11 is 0. The summed E-state index contributed by atoms with van der Waals surface area (Å²) in [5.41, 5.74) is -0.188. The van der Waals surface area contributed by atoms with Crippen molar-refractivity contribution in [2.75, 3.05) is 19.6 Å². The third-order valence-electron chi connectivity index (χ3n) is 2.19. The number of hydrogen-bond acceptors (Lipinski definition) is 6. The molecule has 0 N–H and O–H groups in total. The molecule has 0 aliphatic carbocycles. The predicted octanol–water partition coefficient (Wildman–Crippen LogP) is 0.280. The topological polar surface area (TPSA) is 94.6 Å². The molecule has 0 atom stereocenters. The van der Waals surface area contributed by atoms with Crippen LogP contribution in [0.15, 0.2) is 28.0 Å². The summed E-state index contributed by atoms with van der Waals surface area (Å²) < 4.78 is 50.2. The first-order chi connectivity index (χ1) is 8.07. The molecule has 0 saturated carbocycles. The van der Waals surface area contributed by atoms with E-state index in [0.29, 0.717) is 0 Å². The number of sulfone groups is 2. The van der Waals surface area contributed by atoms with Crippen LogP contribution in [0.2, 0.25) is 0 Å². The highest BCUT2D eigenvalue weighted by Gasteiger charge is 2.22. The van der Waals surface area contributed by atoms with Gasteiger partial charge in [0.05, 0.1) is 22.5 Å². The maximum absolute atomic E-state index is 11.6. The molecule has 1 aromatic rings. The van der Waals surface area contributed by atoms with Gasteiger partial charge < -0.3 is 4.74 Å². The van der Waals surface area contributed by atoms with Crippen LogP contribution in [0.1, 0.15) is 10.4 Å². The summed E-state index contributed by atoms with van der Waals surface area (Å²) in [6.07, 6.45) is 1.84. The monoisotopic (exact) mass is 292 g/mol. The first-order valence-electron chi connectivity index (χ1n) is 4.70. The van der Waals surface area contributed by atoms with Crippen LogP contribution in [0.5, 0.6) is 0 Å². The van der Waals surface area contributed by atoms with Crippen molar-refractivity contribution in [3.05, 3.63) is 23.8 Å². The van der Waals surface area contributed by atoms with Crippen molar-refractivity contribution in [3.8, 4) is 0 Å². The number of carbonyl (C=O) groups is 1. The van der Waals surface area contributed by atoms with Crippen LogP contribution in [-0.4, -0.2) is 42.4 Å². The van der Waals surface area contributed by atoms with Crippen molar-refractivity contribution in [2.45, 2.75) is 9.79 Å². The fourth-order valence-corrected chi connectivity index (χ4v) is 2.93. The Kier molecular flexibility index (Phi) is 3.82. The molecular formula is C10H12O6S2. The van der Waals surface area contributed by atoms with Gasteiger partial charge in [0.1, 0.15) is 0 Å². The van der Waals surface area contributed by atoms with Gasteiger partial charge in [-0.05, 0) is 18.2 Å². The minimum absolute atomic E-state index is 0.171. The zero-order chi connectivity index (χ0) is 14.1. The van der Waals surface area contributed by atoms with Crippen molar-refractivity contribution < 1.29 is 26.4 Å². The zero-order valence-corrected chi connectivity index (χ0v) is 11.6. The molecule has 18 heavy (non-hydrogen) atoms. The molecule has 0 amide bonds. The molecule has 0 aliphatic rings. The summed E-state index contributed by atoms with van der Waals surface area (Å²) in [6.45, 7) is 0. The summed E-state index contributed by atoms with van der Waals surface area (Å²) in [7, 11) is -6.18. The van der Waals surface area contributed by atoms with E-state index >= 15 is 0 Å². The number of carbonyl (C=O) groups excluding carboxylic acids is 1. The molecule has 0 bridgehead atoms. The maximum Gasteiger partial charge on any atom is 0.339 e. The molecule has 0 fully saturated rings. The minimum atomic E-state index is -3.74. The Morgan fingerprint density at radius 3 is 2.00 bits per heavy atom. The van der Waals surface area contributed by atoms with E-state index in [-0.39, 0.29) is 15.4 Å². The lowest BCUT2D eigenvalue weighted by Gasteiger charge is -2.08. The molecular weight excluding hydrogens is 280 g/mol. The summed E-state index contributed by atoms with van der Waals surface area (Å²) in [5, 5.41) is 0. The van der Waals surface area contributed by atoms with Gasteiger partial charge in [-0.1, -0.05) is 0 Å². The number of hydrogen-bond donors (Lipinski definition) is 0. The van der Waals surface area contributed by atoms with E-state index < -0.39 is 25.6 Å². The van der Waals surface area contributed by atoms with Crippen molar-refractivity contribution in [1.29, 1.82) is 0 Å². The average Bonchev–Trinajstić information content (AvgIpc) is 2.24. The molecule has 1 rings (SSSR count). The molecule has 0 spiro atoms. The molecule has 100 valence electrons. The summed E-state index contributed by atoms with van der Waals surface area (Å²) in [5.74, 6) is -0.838. The Morgan fingerprint density at radius 2 is 1.61 bits per heavy atom. The largest absolute Gasteiger partial charge is 0.465 e. The maximum atomic E-state index is 11.6. The van der Waals surface area contributed by atoms with E-state index in [1.807, 2.05) is 0 Å². The van der Waals surface area contributed by atoms with Crippen LogP contribution in [-0.2, 0) is 24.4 Å². The number of rotatable bonds is 3. The smallest absolute Gasteiger partial charge is 0.339 e. The number of esters is 1. The van der Waals surface area contributed by atoms with E-state index in [9.17, 15) is 21.6 Å². The van der Waals surface area contributed by atoms with E-state index in [0.717, 1.165) is 37.8 Å². The fourth-order valence-electron chi connectivity index (χ4n) is 1.32. The fraction of sp³-hybridized carbons (Fsp3) is 0.300. The minimum Gasteiger partial charge on any atom is -0.465 e. The van der Waals surface area contributed by atoms with E-state index in [1.54, 1.807) is 0 Å². The van der Waals surface area contributed by atoms with Crippen LogP contribution >= 0.6 is 0 Å². The van der Waals surface area contributed by atoms with Gasteiger partial charge in [-0.15, -0.1) is 0 Å². The number of methoxy groups -OCH3 is 1. The number of benzene rings is 1. The Balaban J connectivity index is 3.65. The SMILES string of the molecule is COC(=O)c1ccc(S(C)(=O)=O)cc1S(C)(=O)=O. The Morgan fingerprint density at radius 1 is 1.06 bits per heavy atom. The van der Waals surface area contributed by atoms with Crippen LogP contribution < -0.4 is 0 Å². The van der Waals surface area contributed by atoms with Crippen molar-refractivity contribution >= 4 is 25.6 Å². The van der Waals surface area contributed by atoms with Gasteiger partial charge in [0.15, 0.2) is 19.7 Å². The lowest BCUT2D eigenvalue weighted by atomic mass is 10.2. The van der Waals surface area contributed by atoms with E-state index in [1.165, 1.54) is 0 Å². The van der Waals surface area contributed by atoms with Gasteiger partial charge in [0, 0.05) is 12.5 Å². The quantitative estimate of drug-likeness (QED) is 0.743. The highest BCUT2D eigenvalue weighted by Crippen LogP contribution is 2.21. The molecule has 0 radical (unpaired) electrons. The van der Waals surface area contributed by atoms with Gasteiger partial charge in [0.25, 0.3) is 0 Å². The molecule has 0 saturated heterocycles. The second-order valence-corrected chi connectivity index (χ2v) is 7.69. The molecule has 6 nitrogen and oxygen atoms in total. The standard InChI is InChI=1S/C10H12O6S2/c1-16-10(11)8-5-4-7(17(2,12)13)6-9(8)18(3,14)15/h4-6H,1-3H3. The van der Waals surface area contributed by atoms with Crippen molar-refractivity contribution in [1.82, 2.24) is 0 Å². The van der Waals surface area contributed by atoms with Crippen LogP contribution in [0.25, 0.3) is 0 Å². The molecule has 0 aromatic heterocycles. The normalized spacial score (nSPS) is 12.2. The second-order valence-electron chi connectivity index (χ2n) is 3.69. The van der Waals surface area contributed by atoms with Gasteiger partial charge in [-0.2, -0.15) is 0 Å². The Labute approximate surface area is 105 Å². The summed E-state index contributed by atoms with van der Waals surface area (Å²) in [4.78, 5) is 10.9. The molecule has 8 heteroatoms. The van der Waals surface area contributed by atoms with Crippen LogP contribution in [0.3, 0.4) is 0 Å². The molecule has 0 heterocycles. The van der Waals surface area contributed by atoms with Crippen LogP contribution in [0.4, 0.5) is 0 Å². The third kappa shape index (κ3) is 3.08. The lowest BCUT2D eigenvalue weighted by molar-refractivity contribution is 0.0596. The van der Waals surface area contributed by atoms with Crippen molar-refractivity contribution in [2.24, 2.45) is 0 Å². The van der Waals surface area contributed by atoms with Gasteiger partial charge >= 0.3 is 5.97 Å². The van der Waals surface area contributed by atoms with Gasteiger partial charge in [0.2, 0.25) is 0 Å². The molecule has 1 aromatic carbocycles. The number of ether oxygens (including phenoxy) is 1. The first-order valence-corrected chi connectivity index (χ1v) is 8.48. The Bertz CT molecular complexity index is 685. The van der Waals surface area contributed by atoms with E-state index in [2.05, 4.69) is 4.74 Å². The highest BCUT2D eigenvalue weighted by molar-refractivity contribution is 7.91. The van der Waals surface area contributed by atoms with Gasteiger partial charge in [-0.25, -0.2) is 21.6 Å². The average molecular weight is 292 g/mol. The van der Waals surface area contributed by atoms with E-state index in [4.69, 9.17) is 0 Å². The zero-order valence-electron chi connectivity index (χ0n) is 10.00. The first kappa shape index (κ1) is 14.7. The molecule has 0 unspecified atom stereocenters. The Hall–Kier alpha value is -1.41. The lowest BCUT2D eigenvalue weighted by Crippen LogP contribution is -2.11. The highest BCUT2D eigenvalue weighted by atomic mass is 32.2. The van der Waals surface area contributed by atoms with Crippen molar-refractivity contribution in [3.63, 3.8) is 0 Å².